The van der Waals surface area contributed by atoms with Gasteiger partial charge in [0.15, 0.2) is 0 Å². The number of piperidine rings is 1. The third kappa shape index (κ3) is 4.03. The average molecular weight is 327 g/mol. The SMILES string of the molecule is CO[C@@H]1CCN(C(=O)Cn2ccnc2)C[C@H]1Cc1ccc(C)cc1. The topological polar surface area (TPSA) is 47.4 Å². The fourth-order valence-corrected chi connectivity index (χ4v) is 3.41. The second-order valence-electron chi connectivity index (χ2n) is 6.59. The molecule has 0 bridgehead atoms. The molecule has 0 N–H and O–H groups in total. The van der Waals surface area contributed by atoms with Crippen molar-refractivity contribution in [2.45, 2.75) is 32.4 Å². The smallest absolute Gasteiger partial charge is 0.242 e. The van der Waals surface area contributed by atoms with Gasteiger partial charge in [-0.3, -0.25) is 4.79 Å². The molecule has 128 valence electrons. The number of benzene rings is 1. The maximum absolute atomic E-state index is 12.5. The van der Waals surface area contributed by atoms with Gasteiger partial charge < -0.3 is 14.2 Å². The molecule has 5 heteroatoms. The van der Waals surface area contributed by atoms with Crippen LogP contribution in [0.2, 0.25) is 0 Å². The molecule has 1 aromatic carbocycles. The number of amides is 1. The first-order valence-electron chi connectivity index (χ1n) is 8.47. The van der Waals surface area contributed by atoms with Crippen molar-refractivity contribution in [1.82, 2.24) is 14.5 Å². The number of methoxy groups -OCH3 is 1. The van der Waals surface area contributed by atoms with Crippen LogP contribution in [0, 0.1) is 12.8 Å². The first kappa shape index (κ1) is 16.7. The lowest BCUT2D eigenvalue weighted by Crippen LogP contribution is -2.48. The predicted octanol–water partition coefficient (Wildman–Crippen LogP) is 2.30. The minimum Gasteiger partial charge on any atom is -0.381 e. The molecule has 0 radical (unpaired) electrons. The number of aromatic nitrogens is 2. The van der Waals surface area contributed by atoms with E-state index in [1.54, 1.807) is 19.6 Å². The van der Waals surface area contributed by atoms with Crippen LogP contribution in [-0.4, -0.2) is 46.7 Å². The van der Waals surface area contributed by atoms with Gasteiger partial charge in [-0.15, -0.1) is 0 Å². The molecule has 24 heavy (non-hydrogen) atoms. The van der Waals surface area contributed by atoms with E-state index in [1.165, 1.54) is 11.1 Å². The van der Waals surface area contributed by atoms with Gasteiger partial charge in [-0.05, 0) is 25.3 Å². The Kier molecular flexibility index (Phi) is 5.30. The van der Waals surface area contributed by atoms with Gasteiger partial charge >= 0.3 is 0 Å². The number of carbonyl (C=O) groups is 1. The van der Waals surface area contributed by atoms with Crippen LogP contribution in [0.3, 0.4) is 0 Å². The Morgan fingerprint density at radius 2 is 2.12 bits per heavy atom. The number of hydrogen-bond acceptors (Lipinski definition) is 3. The molecule has 0 aliphatic carbocycles. The summed E-state index contributed by atoms with van der Waals surface area (Å²) in [5.74, 6) is 0.481. The molecule has 5 nitrogen and oxygen atoms in total. The summed E-state index contributed by atoms with van der Waals surface area (Å²) in [6.07, 6.45) is 7.25. The van der Waals surface area contributed by atoms with Crippen molar-refractivity contribution in [3.63, 3.8) is 0 Å². The maximum atomic E-state index is 12.5. The lowest BCUT2D eigenvalue weighted by atomic mass is 9.88. The van der Waals surface area contributed by atoms with Crippen LogP contribution in [-0.2, 0) is 22.5 Å². The van der Waals surface area contributed by atoms with Gasteiger partial charge in [-0.25, -0.2) is 4.98 Å². The highest BCUT2D eigenvalue weighted by Crippen LogP contribution is 2.24. The zero-order chi connectivity index (χ0) is 16.9. The summed E-state index contributed by atoms with van der Waals surface area (Å²) in [5.41, 5.74) is 2.57. The molecule has 2 aromatic rings. The van der Waals surface area contributed by atoms with Crippen LogP contribution in [0.15, 0.2) is 43.0 Å². The van der Waals surface area contributed by atoms with E-state index in [-0.39, 0.29) is 12.0 Å². The molecule has 1 fully saturated rings. The van der Waals surface area contributed by atoms with E-state index in [9.17, 15) is 4.79 Å². The highest BCUT2D eigenvalue weighted by molar-refractivity contribution is 5.76. The van der Waals surface area contributed by atoms with E-state index >= 15 is 0 Å². The number of ether oxygens (including phenoxy) is 1. The standard InChI is InChI=1S/C19H25N3O2/c1-15-3-5-16(6-4-15)11-17-12-22(9-7-18(17)24-2)19(23)13-21-10-8-20-14-21/h3-6,8,10,14,17-18H,7,9,11-13H2,1-2H3/t17-,18-/m1/s1. The highest BCUT2D eigenvalue weighted by Gasteiger charge is 2.31. The Morgan fingerprint density at radius 1 is 1.33 bits per heavy atom. The van der Waals surface area contributed by atoms with Crippen LogP contribution < -0.4 is 0 Å². The van der Waals surface area contributed by atoms with Crippen molar-refractivity contribution in [2.24, 2.45) is 5.92 Å². The Bertz CT molecular complexity index is 652. The lowest BCUT2D eigenvalue weighted by molar-refractivity contribution is -0.136. The summed E-state index contributed by atoms with van der Waals surface area (Å²) < 4.78 is 7.50. The Labute approximate surface area is 143 Å². The minimum absolute atomic E-state index is 0.149. The van der Waals surface area contributed by atoms with Crippen LogP contribution in [0.5, 0.6) is 0 Å². The number of imidazole rings is 1. The van der Waals surface area contributed by atoms with Crippen LogP contribution in [0.1, 0.15) is 17.5 Å². The van der Waals surface area contributed by atoms with E-state index in [0.717, 1.165) is 25.9 Å². The van der Waals surface area contributed by atoms with Gasteiger partial charge in [0.05, 0.1) is 12.4 Å². The molecule has 0 unspecified atom stereocenters. The summed E-state index contributed by atoms with van der Waals surface area (Å²) in [4.78, 5) is 18.5. The Balaban J connectivity index is 1.64. The number of likely N-dealkylation sites (tertiary alicyclic amines) is 1. The largest absolute Gasteiger partial charge is 0.381 e. The summed E-state index contributed by atoms with van der Waals surface area (Å²) in [6, 6.07) is 8.63. The quantitative estimate of drug-likeness (QED) is 0.846. The van der Waals surface area contributed by atoms with Crippen LogP contribution >= 0.6 is 0 Å². The van der Waals surface area contributed by atoms with Crippen molar-refractivity contribution in [3.05, 3.63) is 54.1 Å². The normalized spacial score (nSPS) is 21.0. The first-order valence-corrected chi connectivity index (χ1v) is 8.47. The van der Waals surface area contributed by atoms with Crippen molar-refractivity contribution in [2.75, 3.05) is 20.2 Å². The fourth-order valence-electron chi connectivity index (χ4n) is 3.41. The van der Waals surface area contributed by atoms with E-state index in [2.05, 4.69) is 36.2 Å². The predicted molar refractivity (Wildman–Crippen MR) is 92.6 cm³/mol. The molecule has 0 saturated carbocycles. The molecular weight excluding hydrogens is 302 g/mol. The number of rotatable bonds is 5. The monoisotopic (exact) mass is 327 g/mol. The van der Waals surface area contributed by atoms with Crippen molar-refractivity contribution in [1.29, 1.82) is 0 Å². The Hall–Kier alpha value is -2.14. The van der Waals surface area contributed by atoms with Crippen molar-refractivity contribution >= 4 is 5.91 Å². The van der Waals surface area contributed by atoms with Crippen LogP contribution in [0.25, 0.3) is 0 Å². The third-order valence-corrected chi connectivity index (χ3v) is 4.82. The van der Waals surface area contributed by atoms with E-state index in [1.807, 2.05) is 15.7 Å². The summed E-state index contributed by atoms with van der Waals surface area (Å²) >= 11 is 0. The zero-order valence-electron chi connectivity index (χ0n) is 14.4. The van der Waals surface area contributed by atoms with E-state index in [4.69, 9.17) is 4.74 Å². The average Bonchev–Trinajstić information content (AvgIpc) is 3.10. The van der Waals surface area contributed by atoms with Gasteiger partial charge in [0.2, 0.25) is 5.91 Å². The second-order valence-corrected chi connectivity index (χ2v) is 6.59. The molecule has 2 heterocycles. The fraction of sp³-hybridized carbons (Fsp3) is 0.474. The Morgan fingerprint density at radius 3 is 2.79 bits per heavy atom. The lowest BCUT2D eigenvalue weighted by Gasteiger charge is -2.38. The number of carbonyl (C=O) groups excluding carboxylic acids is 1. The minimum atomic E-state index is 0.149. The van der Waals surface area contributed by atoms with Gasteiger partial charge in [-0.2, -0.15) is 0 Å². The first-order chi connectivity index (χ1) is 11.7. The van der Waals surface area contributed by atoms with E-state index in [0.29, 0.717) is 12.5 Å². The second kappa shape index (κ2) is 7.62. The zero-order valence-corrected chi connectivity index (χ0v) is 14.4. The molecule has 3 rings (SSSR count). The summed E-state index contributed by atoms with van der Waals surface area (Å²) in [6.45, 7) is 3.96. The van der Waals surface area contributed by atoms with E-state index < -0.39 is 0 Å². The number of nitrogens with zero attached hydrogens (tertiary/aromatic N) is 3. The molecule has 0 spiro atoms. The van der Waals surface area contributed by atoms with Gasteiger partial charge in [0, 0.05) is 38.5 Å². The van der Waals surface area contributed by atoms with Crippen molar-refractivity contribution in [3.8, 4) is 0 Å². The number of hydrogen-bond donors (Lipinski definition) is 0. The molecule has 1 aliphatic heterocycles. The molecule has 1 aliphatic rings. The maximum Gasteiger partial charge on any atom is 0.242 e. The van der Waals surface area contributed by atoms with Crippen molar-refractivity contribution < 1.29 is 9.53 Å². The van der Waals surface area contributed by atoms with Gasteiger partial charge in [-0.1, -0.05) is 29.8 Å². The molecule has 1 amide bonds. The summed E-state index contributed by atoms with van der Waals surface area (Å²) in [7, 11) is 1.77. The highest BCUT2D eigenvalue weighted by atomic mass is 16.5. The van der Waals surface area contributed by atoms with Gasteiger partial charge in [0.25, 0.3) is 0 Å². The number of aryl methyl sites for hydroxylation is 1. The molecule has 1 aromatic heterocycles. The van der Waals surface area contributed by atoms with Crippen LogP contribution in [0.4, 0.5) is 0 Å². The molecule has 1 saturated heterocycles. The van der Waals surface area contributed by atoms with Gasteiger partial charge in [0.1, 0.15) is 6.54 Å². The molecular formula is C19H25N3O2. The molecule has 2 atom stereocenters. The summed E-state index contributed by atoms with van der Waals surface area (Å²) in [5, 5.41) is 0. The third-order valence-electron chi connectivity index (χ3n) is 4.82.